The first-order chi connectivity index (χ1) is 22.0. The number of likely N-dealkylation sites (tertiary alicyclic amines) is 1. The van der Waals surface area contributed by atoms with E-state index in [4.69, 9.17) is 9.72 Å². The van der Waals surface area contributed by atoms with Crippen molar-refractivity contribution in [1.82, 2.24) is 29.4 Å². The van der Waals surface area contributed by atoms with Crippen LogP contribution in [-0.4, -0.2) is 54.2 Å². The second kappa shape index (κ2) is 12.7. The lowest BCUT2D eigenvalue weighted by Crippen LogP contribution is -2.42. The average Bonchev–Trinajstić information content (AvgIpc) is 3.52. The number of pyridine rings is 1. The fourth-order valence-corrected chi connectivity index (χ4v) is 5.48. The minimum Gasteiger partial charge on any atom is -0.444 e. The van der Waals surface area contributed by atoms with Gasteiger partial charge in [0.05, 0.1) is 30.2 Å². The fourth-order valence-electron chi connectivity index (χ4n) is 5.48. The summed E-state index contributed by atoms with van der Waals surface area (Å²) in [6.07, 6.45) is 6.97. The fraction of sp³-hybridized carbons (Fsp3) is 0.286. The number of benzene rings is 2. The van der Waals surface area contributed by atoms with Crippen molar-refractivity contribution in [2.45, 2.75) is 51.8 Å². The van der Waals surface area contributed by atoms with Gasteiger partial charge in [-0.3, -0.25) is 14.5 Å². The number of hydrogen-bond donors (Lipinski definition) is 0. The number of carbonyl (C=O) groups excluding carboxylic acids is 1. The van der Waals surface area contributed by atoms with Crippen LogP contribution in [0.1, 0.15) is 45.2 Å². The zero-order valence-electron chi connectivity index (χ0n) is 25.9. The maximum absolute atomic E-state index is 13.8. The van der Waals surface area contributed by atoms with E-state index in [0.29, 0.717) is 18.8 Å². The molecule has 2 aromatic carbocycles. The molecule has 0 N–H and O–H groups in total. The van der Waals surface area contributed by atoms with Gasteiger partial charge in [-0.25, -0.2) is 18.3 Å². The Kier molecular flexibility index (Phi) is 8.48. The van der Waals surface area contributed by atoms with Gasteiger partial charge in [0.25, 0.3) is 5.56 Å². The van der Waals surface area contributed by atoms with Crippen molar-refractivity contribution in [2.24, 2.45) is 0 Å². The Morgan fingerprint density at radius 3 is 2.30 bits per heavy atom. The highest BCUT2D eigenvalue weighted by Crippen LogP contribution is 2.28. The standard InChI is InChI=1S/C35H34F2N6O3/c1-35(2,3)46-34(45)41-13-11-30(12-14-41)42-22-27(20-39-42)25-7-8-31(38-19-25)24-6-4-5-23(15-24)21-43-33(44)10-9-32(40-43)26-16-28(36)18-29(37)17-26/h4-10,15-20,22,30H,11-14,21H2,1-3H3. The van der Waals surface area contributed by atoms with Gasteiger partial charge in [0, 0.05) is 59.9 Å². The average molecular weight is 625 g/mol. The van der Waals surface area contributed by atoms with E-state index in [-0.39, 0.29) is 29.8 Å². The molecule has 1 saturated heterocycles. The predicted octanol–water partition coefficient (Wildman–Crippen LogP) is 6.73. The molecule has 0 spiro atoms. The summed E-state index contributed by atoms with van der Waals surface area (Å²) in [5.74, 6) is -1.43. The molecule has 1 fully saturated rings. The van der Waals surface area contributed by atoms with Gasteiger partial charge in [-0.15, -0.1) is 0 Å². The van der Waals surface area contributed by atoms with Crippen molar-refractivity contribution in [1.29, 1.82) is 0 Å². The second-order valence-electron chi connectivity index (χ2n) is 12.4. The molecule has 3 aromatic heterocycles. The first-order valence-corrected chi connectivity index (χ1v) is 15.1. The van der Waals surface area contributed by atoms with Gasteiger partial charge in [0.15, 0.2) is 0 Å². The first-order valence-electron chi connectivity index (χ1n) is 15.1. The van der Waals surface area contributed by atoms with Gasteiger partial charge < -0.3 is 9.64 Å². The number of nitrogens with zero attached hydrogens (tertiary/aromatic N) is 6. The number of halogens is 2. The van der Waals surface area contributed by atoms with E-state index < -0.39 is 17.2 Å². The molecule has 46 heavy (non-hydrogen) atoms. The van der Waals surface area contributed by atoms with Crippen LogP contribution >= 0.6 is 0 Å². The number of ether oxygens (including phenoxy) is 1. The Hall–Kier alpha value is -5.19. The third-order valence-corrected chi connectivity index (χ3v) is 7.77. The van der Waals surface area contributed by atoms with Crippen LogP contribution in [0.4, 0.5) is 13.6 Å². The van der Waals surface area contributed by atoms with Gasteiger partial charge in [0.1, 0.15) is 17.2 Å². The van der Waals surface area contributed by atoms with Crippen LogP contribution in [0.2, 0.25) is 0 Å². The molecular formula is C35H34F2N6O3. The molecule has 6 rings (SSSR count). The van der Waals surface area contributed by atoms with E-state index in [9.17, 15) is 18.4 Å². The Bertz CT molecular complexity index is 1900. The van der Waals surface area contributed by atoms with Crippen molar-refractivity contribution < 1.29 is 18.3 Å². The van der Waals surface area contributed by atoms with E-state index in [1.54, 1.807) is 4.90 Å². The topological polar surface area (TPSA) is 95.1 Å². The zero-order chi connectivity index (χ0) is 32.4. The molecule has 4 heterocycles. The molecule has 0 saturated carbocycles. The SMILES string of the molecule is CC(C)(C)OC(=O)N1CCC(n2cc(-c3ccc(-c4cccc(Cn5nc(-c6cc(F)cc(F)c6)ccc5=O)c4)nc3)cn2)CC1. The summed E-state index contributed by atoms with van der Waals surface area (Å²) < 4.78 is 36.3. The molecule has 1 amide bonds. The summed E-state index contributed by atoms with van der Waals surface area (Å²) in [5.41, 5.74) is 4.02. The van der Waals surface area contributed by atoms with E-state index in [1.165, 1.54) is 28.9 Å². The smallest absolute Gasteiger partial charge is 0.410 e. The first kappa shape index (κ1) is 30.8. The van der Waals surface area contributed by atoms with Gasteiger partial charge in [-0.1, -0.05) is 24.3 Å². The largest absolute Gasteiger partial charge is 0.444 e. The molecule has 11 heteroatoms. The molecule has 0 unspecified atom stereocenters. The molecule has 0 bridgehead atoms. The van der Waals surface area contributed by atoms with Gasteiger partial charge in [-0.2, -0.15) is 10.2 Å². The van der Waals surface area contributed by atoms with Crippen LogP contribution in [0, 0.1) is 11.6 Å². The number of carbonyl (C=O) groups is 1. The molecule has 0 atom stereocenters. The lowest BCUT2D eigenvalue weighted by molar-refractivity contribution is 0.0184. The van der Waals surface area contributed by atoms with Gasteiger partial charge >= 0.3 is 6.09 Å². The maximum Gasteiger partial charge on any atom is 0.410 e. The third kappa shape index (κ3) is 7.20. The van der Waals surface area contributed by atoms with Gasteiger partial charge in [0.2, 0.25) is 0 Å². The van der Waals surface area contributed by atoms with Crippen LogP contribution < -0.4 is 5.56 Å². The van der Waals surface area contributed by atoms with E-state index in [0.717, 1.165) is 46.9 Å². The number of aromatic nitrogens is 5. The van der Waals surface area contributed by atoms with E-state index in [2.05, 4.69) is 10.2 Å². The van der Waals surface area contributed by atoms with Crippen molar-refractivity contribution in [3.63, 3.8) is 0 Å². The van der Waals surface area contributed by atoms with Crippen molar-refractivity contribution in [2.75, 3.05) is 13.1 Å². The predicted molar refractivity (Wildman–Crippen MR) is 170 cm³/mol. The lowest BCUT2D eigenvalue weighted by Gasteiger charge is -2.33. The summed E-state index contributed by atoms with van der Waals surface area (Å²) >= 11 is 0. The monoisotopic (exact) mass is 624 g/mol. The highest BCUT2D eigenvalue weighted by molar-refractivity contribution is 5.68. The molecule has 1 aliphatic rings. The zero-order valence-corrected chi connectivity index (χ0v) is 25.9. The molecule has 1 aliphatic heterocycles. The summed E-state index contributed by atoms with van der Waals surface area (Å²) in [7, 11) is 0. The minimum atomic E-state index is -0.716. The second-order valence-corrected chi connectivity index (χ2v) is 12.4. The third-order valence-electron chi connectivity index (χ3n) is 7.77. The van der Waals surface area contributed by atoms with Crippen LogP contribution in [-0.2, 0) is 11.3 Å². The van der Waals surface area contributed by atoms with Crippen LogP contribution in [0.5, 0.6) is 0 Å². The number of piperidine rings is 1. The summed E-state index contributed by atoms with van der Waals surface area (Å²) in [6.45, 7) is 7.01. The highest BCUT2D eigenvalue weighted by atomic mass is 19.1. The van der Waals surface area contributed by atoms with Crippen LogP contribution in [0.3, 0.4) is 0 Å². The van der Waals surface area contributed by atoms with Gasteiger partial charge in [-0.05, 0) is 69.5 Å². The summed E-state index contributed by atoms with van der Waals surface area (Å²) in [4.78, 5) is 31.4. The molecule has 236 valence electrons. The highest BCUT2D eigenvalue weighted by Gasteiger charge is 2.28. The van der Waals surface area contributed by atoms with E-state index in [1.807, 2.05) is 80.4 Å². The van der Waals surface area contributed by atoms with E-state index >= 15 is 0 Å². The Morgan fingerprint density at radius 2 is 1.61 bits per heavy atom. The molecule has 5 aromatic rings. The van der Waals surface area contributed by atoms with Crippen molar-refractivity contribution in [3.05, 3.63) is 113 Å². The summed E-state index contributed by atoms with van der Waals surface area (Å²) in [6, 6.07) is 17.7. The lowest BCUT2D eigenvalue weighted by atomic mass is 10.0. The number of rotatable bonds is 6. The number of amides is 1. The number of hydrogen-bond acceptors (Lipinski definition) is 6. The summed E-state index contributed by atoms with van der Waals surface area (Å²) in [5, 5.41) is 8.95. The van der Waals surface area contributed by atoms with Crippen molar-refractivity contribution in [3.8, 4) is 33.6 Å². The van der Waals surface area contributed by atoms with Crippen molar-refractivity contribution >= 4 is 6.09 Å². The maximum atomic E-state index is 13.8. The molecular weight excluding hydrogens is 590 g/mol. The quantitative estimate of drug-likeness (QED) is 0.208. The normalized spacial score (nSPS) is 14.0. The Morgan fingerprint density at radius 1 is 0.870 bits per heavy atom. The molecule has 0 aliphatic carbocycles. The molecule has 9 nitrogen and oxygen atoms in total. The van der Waals surface area contributed by atoms with Crippen LogP contribution in [0.25, 0.3) is 33.6 Å². The van der Waals surface area contributed by atoms with Crippen LogP contribution in [0.15, 0.2) is 90.1 Å². The molecule has 0 radical (unpaired) electrons. The Balaban J connectivity index is 1.12. The Labute approximate surface area is 265 Å². The minimum absolute atomic E-state index is 0.173.